The van der Waals surface area contributed by atoms with E-state index in [1.165, 1.54) is 0 Å². The molecule has 0 radical (unpaired) electrons. The average molecular weight is 262 g/mol. The minimum Gasteiger partial charge on any atom is -0.313 e. The lowest BCUT2D eigenvalue weighted by atomic mass is 9.82. The van der Waals surface area contributed by atoms with Gasteiger partial charge in [-0.25, -0.2) is 13.1 Å². The Bertz CT molecular complexity index is 327. The predicted octanol–water partition coefficient (Wildman–Crippen LogP) is 1.34. The third-order valence-corrected chi connectivity index (χ3v) is 5.12. The van der Waals surface area contributed by atoms with Gasteiger partial charge in [-0.15, -0.1) is 0 Å². The molecule has 0 spiro atoms. The van der Waals surface area contributed by atoms with Crippen molar-refractivity contribution in [3.8, 4) is 0 Å². The Morgan fingerprint density at radius 1 is 1.41 bits per heavy atom. The highest BCUT2D eigenvalue weighted by atomic mass is 32.2. The average Bonchev–Trinajstić information content (AvgIpc) is 2.64. The van der Waals surface area contributed by atoms with E-state index in [-0.39, 0.29) is 17.2 Å². The predicted molar refractivity (Wildman–Crippen MR) is 71.4 cm³/mol. The molecule has 2 N–H and O–H groups in total. The molecule has 1 aliphatic rings. The Kier molecular flexibility index (Phi) is 4.98. The zero-order valence-corrected chi connectivity index (χ0v) is 12.2. The molecular formula is C12H26N2O2S. The summed E-state index contributed by atoms with van der Waals surface area (Å²) in [6.45, 7) is 9.94. The molecule has 102 valence electrons. The first-order chi connectivity index (χ1) is 7.71. The van der Waals surface area contributed by atoms with E-state index in [0.29, 0.717) is 12.5 Å². The highest BCUT2D eigenvalue weighted by Gasteiger charge is 2.25. The quantitative estimate of drug-likeness (QED) is 0.786. The number of hydrogen-bond donors (Lipinski definition) is 2. The van der Waals surface area contributed by atoms with Crippen molar-refractivity contribution >= 4 is 10.0 Å². The molecular weight excluding hydrogens is 236 g/mol. The molecule has 0 aromatic rings. The molecule has 1 heterocycles. The standard InChI is InChI=1S/C12H26N2O2S/c1-10(12(2,3)4)8-14-17(15,16)9-11-6-5-7-13-11/h10-11,13-14H,5-9H2,1-4H3. The third kappa shape index (κ3) is 5.36. The Morgan fingerprint density at radius 3 is 2.53 bits per heavy atom. The fourth-order valence-electron chi connectivity index (χ4n) is 1.78. The van der Waals surface area contributed by atoms with Gasteiger partial charge in [0.1, 0.15) is 0 Å². The highest BCUT2D eigenvalue weighted by Crippen LogP contribution is 2.24. The van der Waals surface area contributed by atoms with Crippen molar-refractivity contribution in [1.29, 1.82) is 0 Å². The van der Waals surface area contributed by atoms with Gasteiger partial charge in [0, 0.05) is 12.6 Å². The summed E-state index contributed by atoms with van der Waals surface area (Å²) in [5.41, 5.74) is 0.133. The molecule has 1 aliphatic heterocycles. The molecule has 1 saturated heterocycles. The zero-order chi connectivity index (χ0) is 13.1. The normalized spacial score (nSPS) is 23.9. The van der Waals surface area contributed by atoms with Crippen molar-refractivity contribution < 1.29 is 8.42 Å². The lowest BCUT2D eigenvalue weighted by Crippen LogP contribution is -2.39. The SMILES string of the molecule is CC(CNS(=O)(=O)CC1CCCN1)C(C)(C)C. The lowest BCUT2D eigenvalue weighted by molar-refractivity contribution is 0.263. The second kappa shape index (κ2) is 5.67. The van der Waals surface area contributed by atoms with Crippen LogP contribution in [0.2, 0.25) is 0 Å². The van der Waals surface area contributed by atoms with Gasteiger partial charge in [0.2, 0.25) is 10.0 Å². The van der Waals surface area contributed by atoms with Crippen LogP contribution in [0.1, 0.15) is 40.5 Å². The van der Waals surface area contributed by atoms with Crippen LogP contribution >= 0.6 is 0 Å². The van der Waals surface area contributed by atoms with Crippen LogP contribution in [0.5, 0.6) is 0 Å². The monoisotopic (exact) mass is 262 g/mol. The molecule has 1 fully saturated rings. The maximum Gasteiger partial charge on any atom is 0.213 e. The van der Waals surface area contributed by atoms with Gasteiger partial charge < -0.3 is 5.32 Å². The van der Waals surface area contributed by atoms with Crippen molar-refractivity contribution in [1.82, 2.24) is 10.0 Å². The first kappa shape index (κ1) is 14.9. The van der Waals surface area contributed by atoms with E-state index in [9.17, 15) is 8.42 Å². The van der Waals surface area contributed by atoms with Gasteiger partial charge in [0.15, 0.2) is 0 Å². The summed E-state index contributed by atoms with van der Waals surface area (Å²) in [7, 11) is -3.13. The van der Waals surface area contributed by atoms with Gasteiger partial charge in [0.05, 0.1) is 5.75 Å². The third-order valence-electron chi connectivity index (χ3n) is 3.67. The van der Waals surface area contributed by atoms with Crippen LogP contribution in [0.15, 0.2) is 0 Å². The van der Waals surface area contributed by atoms with Gasteiger partial charge >= 0.3 is 0 Å². The van der Waals surface area contributed by atoms with Gasteiger partial charge in [-0.2, -0.15) is 0 Å². The van der Waals surface area contributed by atoms with Gasteiger partial charge in [-0.3, -0.25) is 0 Å². The van der Waals surface area contributed by atoms with Gasteiger partial charge in [-0.05, 0) is 30.7 Å². The molecule has 0 aromatic heterocycles. The topological polar surface area (TPSA) is 58.2 Å². The summed E-state index contributed by atoms with van der Waals surface area (Å²) in [4.78, 5) is 0. The van der Waals surface area contributed by atoms with Gasteiger partial charge in [-0.1, -0.05) is 27.7 Å². The van der Waals surface area contributed by atoms with Crippen LogP contribution in [0, 0.1) is 11.3 Å². The maximum absolute atomic E-state index is 11.9. The van der Waals surface area contributed by atoms with Crippen LogP contribution in [0.4, 0.5) is 0 Å². The van der Waals surface area contributed by atoms with Crippen molar-refractivity contribution in [3.63, 3.8) is 0 Å². The number of nitrogens with one attached hydrogen (secondary N) is 2. The molecule has 4 nitrogen and oxygen atoms in total. The first-order valence-corrected chi connectivity index (χ1v) is 8.06. The van der Waals surface area contributed by atoms with Crippen LogP contribution in [-0.2, 0) is 10.0 Å². The molecule has 2 unspecified atom stereocenters. The fraction of sp³-hybridized carbons (Fsp3) is 1.00. The molecule has 1 rings (SSSR count). The molecule has 0 bridgehead atoms. The summed E-state index contributed by atoms with van der Waals surface area (Å²) in [6, 6.07) is 0.137. The molecule has 0 aliphatic carbocycles. The molecule has 0 saturated carbocycles. The van der Waals surface area contributed by atoms with E-state index in [4.69, 9.17) is 0 Å². The van der Waals surface area contributed by atoms with E-state index in [0.717, 1.165) is 19.4 Å². The van der Waals surface area contributed by atoms with Crippen molar-refractivity contribution in [2.45, 2.75) is 46.6 Å². The van der Waals surface area contributed by atoms with Gasteiger partial charge in [0.25, 0.3) is 0 Å². The number of rotatable bonds is 5. The van der Waals surface area contributed by atoms with Crippen LogP contribution in [-0.4, -0.2) is 33.3 Å². The molecule has 2 atom stereocenters. The van der Waals surface area contributed by atoms with E-state index < -0.39 is 10.0 Å². The van der Waals surface area contributed by atoms with Crippen molar-refractivity contribution in [2.75, 3.05) is 18.8 Å². The summed E-state index contributed by atoms with van der Waals surface area (Å²) < 4.78 is 26.5. The maximum atomic E-state index is 11.9. The second-order valence-corrected chi connectivity index (χ2v) is 8.04. The summed E-state index contributed by atoms with van der Waals surface area (Å²) in [6.07, 6.45) is 2.05. The van der Waals surface area contributed by atoms with E-state index in [2.05, 4.69) is 37.7 Å². The van der Waals surface area contributed by atoms with E-state index in [1.54, 1.807) is 0 Å². The van der Waals surface area contributed by atoms with Crippen molar-refractivity contribution in [2.24, 2.45) is 11.3 Å². The second-order valence-electron chi connectivity index (χ2n) is 6.19. The Hall–Kier alpha value is -0.130. The fourth-order valence-corrected chi connectivity index (χ4v) is 3.22. The summed E-state index contributed by atoms with van der Waals surface area (Å²) in [5, 5.41) is 3.21. The Labute approximate surface area is 106 Å². The van der Waals surface area contributed by atoms with E-state index in [1.807, 2.05) is 0 Å². The smallest absolute Gasteiger partial charge is 0.213 e. The number of sulfonamides is 1. The molecule has 0 aromatic carbocycles. The molecule has 5 heteroatoms. The zero-order valence-electron chi connectivity index (χ0n) is 11.4. The minimum atomic E-state index is -3.13. The summed E-state index contributed by atoms with van der Waals surface area (Å²) in [5.74, 6) is 0.540. The molecule has 0 amide bonds. The minimum absolute atomic E-state index is 0.133. The Morgan fingerprint density at radius 2 is 2.06 bits per heavy atom. The lowest BCUT2D eigenvalue weighted by Gasteiger charge is -2.27. The highest BCUT2D eigenvalue weighted by molar-refractivity contribution is 7.89. The summed E-state index contributed by atoms with van der Waals surface area (Å²) >= 11 is 0. The van der Waals surface area contributed by atoms with Crippen LogP contribution < -0.4 is 10.0 Å². The van der Waals surface area contributed by atoms with E-state index >= 15 is 0 Å². The van der Waals surface area contributed by atoms with Crippen LogP contribution in [0.3, 0.4) is 0 Å². The molecule has 17 heavy (non-hydrogen) atoms. The first-order valence-electron chi connectivity index (χ1n) is 6.41. The Balaban J connectivity index is 2.39. The largest absolute Gasteiger partial charge is 0.313 e. The number of hydrogen-bond acceptors (Lipinski definition) is 3. The van der Waals surface area contributed by atoms with Crippen LogP contribution in [0.25, 0.3) is 0 Å². The van der Waals surface area contributed by atoms with Crippen molar-refractivity contribution in [3.05, 3.63) is 0 Å².